The first-order valence-corrected chi connectivity index (χ1v) is 16.5. The van der Waals surface area contributed by atoms with Crippen LogP contribution in [-0.2, 0) is 27.8 Å². The predicted octanol–water partition coefficient (Wildman–Crippen LogP) is 6.61. The van der Waals surface area contributed by atoms with Crippen molar-refractivity contribution < 1.29 is 28.6 Å². The lowest BCUT2D eigenvalue weighted by Crippen LogP contribution is -2.44. The predicted molar refractivity (Wildman–Crippen MR) is 189 cm³/mol. The van der Waals surface area contributed by atoms with Crippen LogP contribution >= 0.6 is 11.3 Å². The summed E-state index contributed by atoms with van der Waals surface area (Å²) in [6.07, 6.45) is 4.17. The van der Waals surface area contributed by atoms with E-state index in [0.29, 0.717) is 32.9 Å². The molecule has 0 atom stereocenters. The number of carbonyl (C=O) groups excluding carboxylic acids is 3. The van der Waals surface area contributed by atoms with E-state index >= 15 is 0 Å². The number of fused-ring (bicyclic) bond motifs is 3. The van der Waals surface area contributed by atoms with Gasteiger partial charge < -0.3 is 18.8 Å². The molecule has 5 aromatic heterocycles. The number of hydrogen-bond acceptors (Lipinski definition) is 12. The van der Waals surface area contributed by atoms with Crippen molar-refractivity contribution in [3.05, 3.63) is 63.4 Å². The molecule has 5 aromatic rings. The van der Waals surface area contributed by atoms with Crippen molar-refractivity contribution in [2.45, 2.75) is 85.7 Å². The molecule has 264 valence electrons. The molecule has 0 spiro atoms. The minimum atomic E-state index is -0.950. The Hall–Kier alpha value is -5.38. The quantitative estimate of drug-likeness (QED) is 0.181. The van der Waals surface area contributed by atoms with Gasteiger partial charge in [0, 0.05) is 18.6 Å². The molecule has 0 radical (unpaired) electrons. The minimum absolute atomic E-state index is 0.0269. The molecule has 0 aliphatic heterocycles. The van der Waals surface area contributed by atoms with Gasteiger partial charge in [-0.05, 0) is 92.7 Å². The molecule has 16 heteroatoms. The largest absolute Gasteiger partial charge is 0.443 e. The molecular formula is C34H40N8O7S. The SMILES string of the molecule is Cn1c2nc(/C=C/c3ccn(C(=O)OC(C)(C)C)n3)sc2c2cnn(Cc3cccc(N(C(=O)OC(C)(C)C)C(=O)OC(C)(C)C)n3)c(=O)c21. The maximum Gasteiger partial charge on any atom is 0.435 e. The van der Waals surface area contributed by atoms with Crippen molar-refractivity contribution in [1.29, 1.82) is 0 Å². The molecule has 0 N–H and O–H groups in total. The summed E-state index contributed by atoms with van der Waals surface area (Å²) in [5.74, 6) is -0.0269. The topological polar surface area (TPSA) is 166 Å². The Morgan fingerprint density at radius 3 is 2.14 bits per heavy atom. The van der Waals surface area contributed by atoms with E-state index in [1.165, 1.54) is 28.3 Å². The Balaban J connectivity index is 1.40. The standard InChI is InChI=1S/C34H40N8O7S/c1-32(2,3)47-29(44)40-17-16-20(38-40)14-15-24-37-27-26(50-24)22-18-35-41(28(43)25(22)39(27)10)19-21-12-11-13-23(36-21)42(30(45)48-33(4,5)6)31(46)49-34(7,8)9/h11-18H,19H2,1-10H3/b15-14+. The van der Waals surface area contributed by atoms with Crippen LogP contribution in [0.5, 0.6) is 0 Å². The maximum absolute atomic E-state index is 13.7. The number of nitrogens with zero attached hydrogens (tertiary/aromatic N) is 8. The zero-order valence-corrected chi connectivity index (χ0v) is 30.5. The molecule has 0 aliphatic carbocycles. The van der Waals surface area contributed by atoms with Gasteiger partial charge in [-0.1, -0.05) is 6.07 Å². The van der Waals surface area contributed by atoms with Crippen LogP contribution in [-0.4, -0.2) is 69.2 Å². The smallest absolute Gasteiger partial charge is 0.435 e. The monoisotopic (exact) mass is 704 g/mol. The van der Waals surface area contributed by atoms with E-state index in [1.807, 2.05) is 0 Å². The number of carbonyl (C=O) groups is 3. The van der Waals surface area contributed by atoms with Crippen molar-refractivity contribution in [2.24, 2.45) is 7.05 Å². The number of thiazole rings is 1. The van der Waals surface area contributed by atoms with E-state index in [0.717, 1.165) is 14.3 Å². The van der Waals surface area contributed by atoms with Gasteiger partial charge in [0.05, 0.1) is 28.8 Å². The summed E-state index contributed by atoms with van der Waals surface area (Å²) >= 11 is 1.39. The van der Waals surface area contributed by atoms with E-state index < -0.39 is 35.1 Å². The van der Waals surface area contributed by atoms with Gasteiger partial charge in [-0.25, -0.2) is 29.0 Å². The molecule has 0 saturated carbocycles. The van der Waals surface area contributed by atoms with Gasteiger partial charge in [0.25, 0.3) is 5.56 Å². The van der Waals surface area contributed by atoms with Crippen LogP contribution in [0.1, 0.15) is 78.7 Å². The molecule has 2 amide bonds. The number of aromatic nitrogens is 7. The third-order valence-corrected chi connectivity index (χ3v) is 7.66. The maximum atomic E-state index is 13.7. The first-order chi connectivity index (χ1) is 23.2. The summed E-state index contributed by atoms with van der Waals surface area (Å²) < 4.78 is 21.2. The van der Waals surface area contributed by atoms with Gasteiger partial charge in [0.2, 0.25) is 0 Å². The van der Waals surface area contributed by atoms with Crippen molar-refractivity contribution >= 4 is 68.8 Å². The van der Waals surface area contributed by atoms with E-state index in [9.17, 15) is 19.2 Å². The van der Waals surface area contributed by atoms with Gasteiger partial charge in [-0.3, -0.25) is 4.79 Å². The highest BCUT2D eigenvalue weighted by Crippen LogP contribution is 2.31. The van der Waals surface area contributed by atoms with E-state index in [1.54, 1.807) is 110 Å². The fourth-order valence-corrected chi connectivity index (χ4v) is 5.70. The van der Waals surface area contributed by atoms with Gasteiger partial charge >= 0.3 is 18.3 Å². The third-order valence-electron chi connectivity index (χ3n) is 6.61. The Bertz CT molecular complexity index is 2160. The molecule has 0 aromatic carbocycles. The van der Waals surface area contributed by atoms with E-state index in [2.05, 4.69) is 15.2 Å². The third kappa shape index (κ3) is 8.25. The summed E-state index contributed by atoms with van der Waals surface area (Å²) in [6, 6.07) is 6.44. The average Bonchev–Trinajstić information content (AvgIpc) is 3.67. The zero-order chi connectivity index (χ0) is 36.8. The van der Waals surface area contributed by atoms with Crippen LogP contribution in [0.25, 0.3) is 33.4 Å². The number of rotatable bonds is 5. The second-order valence-electron chi connectivity index (χ2n) is 14.4. The first-order valence-electron chi connectivity index (χ1n) is 15.7. The highest BCUT2D eigenvalue weighted by atomic mass is 32.1. The van der Waals surface area contributed by atoms with Crippen molar-refractivity contribution in [3.8, 4) is 0 Å². The number of anilines is 1. The van der Waals surface area contributed by atoms with Gasteiger partial charge in [-0.15, -0.1) is 11.3 Å². The second kappa shape index (κ2) is 13.2. The number of aryl methyl sites for hydroxylation is 1. The summed E-state index contributed by atoms with van der Waals surface area (Å²) in [7, 11) is 1.75. The summed E-state index contributed by atoms with van der Waals surface area (Å²) in [5, 5.41) is 9.97. The lowest BCUT2D eigenvalue weighted by Gasteiger charge is -2.28. The molecule has 50 heavy (non-hydrogen) atoms. The second-order valence-corrected chi connectivity index (χ2v) is 15.4. The van der Waals surface area contributed by atoms with Crippen LogP contribution in [0, 0.1) is 0 Å². The summed E-state index contributed by atoms with van der Waals surface area (Å²) in [4.78, 5) is 62.2. The van der Waals surface area contributed by atoms with Gasteiger partial charge in [-0.2, -0.15) is 19.8 Å². The first kappa shape index (κ1) is 35.9. The van der Waals surface area contributed by atoms with Crippen LogP contribution in [0.3, 0.4) is 0 Å². The Morgan fingerprint density at radius 2 is 1.52 bits per heavy atom. The number of ether oxygens (including phenoxy) is 3. The molecule has 0 bridgehead atoms. The van der Waals surface area contributed by atoms with Crippen molar-refractivity contribution in [3.63, 3.8) is 0 Å². The summed E-state index contributed by atoms with van der Waals surface area (Å²) in [6.45, 7) is 15.4. The van der Waals surface area contributed by atoms with Crippen LogP contribution in [0.15, 0.2) is 41.5 Å². The molecule has 0 unspecified atom stereocenters. The highest BCUT2D eigenvalue weighted by molar-refractivity contribution is 7.20. The Morgan fingerprint density at radius 1 is 0.880 bits per heavy atom. The number of pyridine rings is 1. The zero-order valence-electron chi connectivity index (χ0n) is 29.7. The molecule has 5 heterocycles. The molecule has 15 nitrogen and oxygen atoms in total. The average molecular weight is 705 g/mol. The Kier molecular flexibility index (Phi) is 9.45. The molecular weight excluding hydrogens is 664 g/mol. The van der Waals surface area contributed by atoms with Gasteiger partial charge in [0.1, 0.15) is 33.1 Å². The van der Waals surface area contributed by atoms with Crippen LogP contribution in [0.2, 0.25) is 0 Å². The number of hydrogen-bond donors (Lipinski definition) is 0. The van der Waals surface area contributed by atoms with E-state index in [-0.39, 0.29) is 17.9 Å². The fourth-order valence-electron chi connectivity index (χ4n) is 4.69. The van der Waals surface area contributed by atoms with Crippen LogP contribution < -0.4 is 10.5 Å². The minimum Gasteiger partial charge on any atom is -0.443 e. The Labute approximate surface area is 292 Å². The lowest BCUT2D eigenvalue weighted by molar-refractivity contribution is 0.0426. The molecule has 0 fully saturated rings. The van der Waals surface area contributed by atoms with Crippen molar-refractivity contribution in [2.75, 3.05) is 4.90 Å². The normalized spacial score (nSPS) is 12.5. The van der Waals surface area contributed by atoms with Crippen molar-refractivity contribution in [1.82, 2.24) is 34.1 Å². The number of imide groups is 1. The number of amides is 2. The molecule has 0 aliphatic rings. The summed E-state index contributed by atoms with van der Waals surface area (Å²) in [5.41, 5.74) is -0.869. The lowest BCUT2D eigenvalue weighted by atomic mass is 10.2. The molecule has 0 saturated heterocycles. The fraction of sp³-hybridized carbons (Fsp3) is 0.412. The molecule has 5 rings (SSSR count). The van der Waals surface area contributed by atoms with Crippen LogP contribution in [0.4, 0.5) is 20.2 Å². The highest BCUT2D eigenvalue weighted by Gasteiger charge is 2.33. The van der Waals surface area contributed by atoms with E-state index in [4.69, 9.17) is 19.2 Å². The van der Waals surface area contributed by atoms with Gasteiger partial charge in [0.15, 0.2) is 5.65 Å².